The van der Waals surface area contributed by atoms with Gasteiger partial charge in [-0.3, -0.25) is 9.59 Å². The molecule has 0 saturated heterocycles. The van der Waals surface area contributed by atoms with E-state index in [1.165, 1.54) is 12.1 Å². The topological polar surface area (TPSA) is 124 Å². The monoisotopic (exact) mass is 402 g/mol. The lowest BCUT2D eigenvalue weighted by molar-refractivity contribution is -0.142. The van der Waals surface area contributed by atoms with Crippen molar-refractivity contribution in [2.75, 3.05) is 0 Å². The fourth-order valence-corrected chi connectivity index (χ4v) is 2.99. The first kappa shape index (κ1) is 22.1. The van der Waals surface area contributed by atoms with Gasteiger partial charge in [0, 0.05) is 0 Å². The lowest BCUT2D eigenvalue weighted by atomic mass is 9.85. The van der Waals surface area contributed by atoms with Gasteiger partial charge in [0.05, 0.1) is 12.8 Å². The van der Waals surface area contributed by atoms with Crippen LogP contribution < -0.4 is 4.74 Å². The lowest BCUT2D eigenvalue weighted by Crippen LogP contribution is -2.14. The number of rotatable bonds is 9. The summed E-state index contributed by atoms with van der Waals surface area (Å²) < 4.78 is 5.09. The van der Waals surface area contributed by atoms with E-state index < -0.39 is 11.9 Å². The van der Waals surface area contributed by atoms with E-state index in [-0.39, 0.29) is 47.7 Å². The molecule has 0 aliphatic rings. The lowest BCUT2D eigenvalue weighted by Gasteiger charge is -2.21. The Balaban J connectivity index is 2.00. The fourth-order valence-electron chi connectivity index (χ4n) is 2.99. The number of hydrogen-bond donors (Lipinski definition) is 4. The number of esters is 1. The van der Waals surface area contributed by atoms with Crippen molar-refractivity contribution in [3.63, 3.8) is 0 Å². The third-order valence-electron chi connectivity index (χ3n) is 4.92. The van der Waals surface area contributed by atoms with Gasteiger partial charge in [-0.25, -0.2) is 0 Å². The Labute approximate surface area is 169 Å². The highest BCUT2D eigenvalue weighted by Crippen LogP contribution is 2.31. The molecule has 4 N–H and O–H groups in total. The van der Waals surface area contributed by atoms with Gasteiger partial charge in [-0.05, 0) is 60.1 Å². The molecular weight excluding hydrogens is 376 g/mol. The normalized spacial score (nSPS) is 12.9. The van der Waals surface area contributed by atoms with Crippen molar-refractivity contribution < 1.29 is 34.8 Å². The Bertz CT molecular complexity index is 875. The van der Waals surface area contributed by atoms with Crippen LogP contribution in [0.15, 0.2) is 36.4 Å². The molecule has 0 bridgehead atoms. The Kier molecular flexibility index (Phi) is 7.47. The van der Waals surface area contributed by atoms with Crippen molar-refractivity contribution in [1.29, 1.82) is 0 Å². The molecule has 2 aromatic rings. The molecule has 2 atom stereocenters. The van der Waals surface area contributed by atoms with Crippen molar-refractivity contribution >= 4 is 11.9 Å². The minimum Gasteiger partial charge on any atom is -0.504 e. The third-order valence-corrected chi connectivity index (χ3v) is 4.92. The molecule has 7 nitrogen and oxygen atoms in total. The fraction of sp³-hybridized carbons (Fsp3) is 0.364. The van der Waals surface area contributed by atoms with Crippen LogP contribution in [0, 0.1) is 11.8 Å². The van der Waals surface area contributed by atoms with E-state index in [0.717, 1.165) is 11.1 Å². The highest BCUT2D eigenvalue weighted by Gasteiger charge is 2.17. The van der Waals surface area contributed by atoms with Crippen LogP contribution in [-0.2, 0) is 22.4 Å². The van der Waals surface area contributed by atoms with Gasteiger partial charge >= 0.3 is 11.9 Å². The molecule has 2 aromatic carbocycles. The number of carboxylic acids is 1. The molecule has 7 heteroatoms. The number of phenols is 3. The van der Waals surface area contributed by atoms with Gasteiger partial charge in [-0.15, -0.1) is 0 Å². The predicted octanol–water partition coefficient (Wildman–Crippen LogP) is 3.63. The standard InChI is InChI=1S/C22H26O7/c1-13(9-15-3-5-17(23)19(25)11-15)14(2)10-16-4-6-18(24)20(12-16)29-22(28)8-7-21(26)27/h3-6,11-14,23-25H,7-10H2,1-2H3,(H,26,27)/t13-,14+/m1/s1. The van der Waals surface area contributed by atoms with E-state index in [0.29, 0.717) is 12.8 Å². The minimum atomic E-state index is -1.09. The Morgan fingerprint density at radius 2 is 1.38 bits per heavy atom. The summed E-state index contributed by atoms with van der Waals surface area (Å²) in [5, 5.41) is 37.6. The number of ether oxygens (including phenoxy) is 1. The maximum Gasteiger partial charge on any atom is 0.311 e. The van der Waals surface area contributed by atoms with Crippen LogP contribution in [0.3, 0.4) is 0 Å². The zero-order chi connectivity index (χ0) is 21.6. The Morgan fingerprint density at radius 1 is 0.828 bits per heavy atom. The van der Waals surface area contributed by atoms with E-state index >= 15 is 0 Å². The summed E-state index contributed by atoms with van der Waals surface area (Å²) in [6.07, 6.45) is 0.780. The van der Waals surface area contributed by atoms with Gasteiger partial charge in [0.2, 0.25) is 0 Å². The van der Waals surface area contributed by atoms with Crippen LogP contribution >= 0.6 is 0 Å². The summed E-state index contributed by atoms with van der Waals surface area (Å²) in [4.78, 5) is 22.3. The molecule has 0 amide bonds. The predicted molar refractivity (Wildman–Crippen MR) is 106 cm³/mol. The maximum absolute atomic E-state index is 11.7. The van der Waals surface area contributed by atoms with Crippen molar-refractivity contribution in [1.82, 2.24) is 0 Å². The van der Waals surface area contributed by atoms with Gasteiger partial charge in [-0.2, -0.15) is 0 Å². The van der Waals surface area contributed by atoms with Crippen LogP contribution in [0.4, 0.5) is 0 Å². The van der Waals surface area contributed by atoms with Crippen LogP contribution in [0.5, 0.6) is 23.0 Å². The number of hydrogen-bond acceptors (Lipinski definition) is 6. The largest absolute Gasteiger partial charge is 0.504 e. The van der Waals surface area contributed by atoms with Crippen molar-refractivity contribution in [2.45, 2.75) is 39.5 Å². The molecular formula is C22H26O7. The number of carbonyl (C=O) groups excluding carboxylic acids is 1. The first-order valence-corrected chi connectivity index (χ1v) is 9.41. The van der Waals surface area contributed by atoms with E-state index in [9.17, 15) is 24.9 Å². The van der Waals surface area contributed by atoms with E-state index in [4.69, 9.17) is 9.84 Å². The molecule has 0 spiro atoms. The molecule has 0 unspecified atom stereocenters. The highest BCUT2D eigenvalue weighted by molar-refractivity contribution is 5.78. The molecule has 0 aliphatic heterocycles. The zero-order valence-electron chi connectivity index (χ0n) is 16.5. The number of aliphatic carboxylic acids is 1. The summed E-state index contributed by atoms with van der Waals surface area (Å²) in [6.45, 7) is 4.16. The van der Waals surface area contributed by atoms with Gasteiger partial charge < -0.3 is 25.2 Å². The molecule has 0 heterocycles. The summed E-state index contributed by atoms with van der Waals surface area (Å²) in [7, 11) is 0. The molecule has 0 aliphatic carbocycles. The second-order valence-electron chi connectivity index (χ2n) is 7.36. The average Bonchev–Trinajstić information content (AvgIpc) is 2.65. The van der Waals surface area contributed by atoms with Crippen LogP contribution in [0.25, 0.3) is 0 Å². The second-order valence-corrected chi connectivity index (χ2v) is 7.36. The first-order chi connectivity index (χ1) is 13.7. The number of carboxylic acid groups (broad SMARTS) is 1. The number of benzene rings is 2. The molecule has 0 saturated carbocycles. The van der Waals surface area contributed by atoms with E-state index in [2.05, 4.69) is 13.8 Å². The highest BCUT2D eigenvalue weighted by atomic mass is 16.5. The smallest absolute Gasteiger partial charge is 0.311 e. The third kappa shape index (κ3) is 6.71. The Morgan fingerprint density at radius 3 is 1.93 bits per heavy atom. The van der Waals surface area contributed by atoms with Crippen molar-refractivity contribution in [3.05, 3.63) is 47.5 Å². The Hall–Kier alpha value is -3.22. The average molecular weight is 402 g/mol. The van der Waals surface area contributed by atoms with E-state index in [1.807, 2.05) is 0 Å². The summed E-state index contributed by atoms with van der Waals surface area (Å²) in [5.41, 5.74) is 1.79. The zero-order valence-corrected chi connectivity index (χ0v) is 16.5. The van der Waals surface area contributed by atoms with Crippen LogP contribution in [-0.4, -0.2) is 32.4 Å². The molecule has 0 aromatic heterocycles. The molecule has 29 heavy (non-hydrogen) atoms. The SMILES string of the molecule is C[C@H](Cc1ccc(O)c(O)c1)[C@@H](C)Cc1ccc(O)c(OC(=O)CCC(=O)O)c1. The summed E-state index contributed by atoms with van der Waals surface area (Å²) >= 11 is 0. The number of carbonyl (C=O) groups is 2. The molecule has 0 fully saturated rings. The van der Waals surface area contributed by atoms with Crippen LogP contribution in [0.2, 0.25) is 0 Å². The van der Waals surface area contributed by atoms with E-state index in [1.54, 1.807) is 24.3 Å². The first-order valence-electron chi connectivity index (χ1n) is 9.41. The minimum absolute atomic E-state index is 0.0150. The summed E-state index contributed by atoms with van der Waals surface area (Å²) in [5.74, 6) is -1.77. The van der Waals surface area contributed by atoms with Gasteiger partial charge in [-0.1, -0.05) is 26.0 Å². The van der Waals surface area contributed by atoms with Crippen molar-refractivity contribution in [3.8, 4) is 23.0 Å². The maximum atomic E-state index is 11.7. The second kappa shape index (κ2) is 9.82. The number of aromatic hydroxyl groups is 3. The summed E-state index contributed by atoms with van der Waals surface area (Å²) in [6, 6.07) is 9.57. The van der Waals surface area contributed by atoms with Gasteiger partial charge in [0.25, 0.3) is 0 Å². The van der Waals surface area contributed by atoms with Crippen molar-refractivity contribution in [2.24, 2.45) is 11.8 Å². The van der Waals surface area contributed by atoms with Crippen LogP contribution in [0.1, 0.15) is 37.8 Å². The molecule has 156 valence electrons. The molecule has 0 radical (unpaired) electrons. The number of phenolic OH excluding ortho intramolecular Hbond substituents is 3. The van der Waals surface area contributed by atoms with Gasteiger partial charge in [0.15, 0.2) is 23.0 Å². The quantitative estimate of drug-likeness (QED) is 0.287. The van der Waals surface area contributed by atoms with Gasteiger partial charge in [0.1, 0.15) is 0 Å². The molecule has 2 rings (SSSR count).